The van der Waals surface area contributed by atoms with Crippen LogP contribution in [0, 0.1) is 12.7 Å². The fourth-order valence-corrected chi connectivity index (χ4v) is 2.15. The first-order valence-electron chi connectivity index (χ1n) is 6.07. The van der Waals surface area contributed by atoms with Gasteiger partial charge in [-0.3, -0.25) is 4.79 Å². The van der Waals surface area contributed by atoms with E-state index in [2.05, 4.69) is 4.74 Å². The van der Waals surface area contributed by atoms with Crippen molar-refractivity contribution in [3.05, 3.63) is 29.6 Å². The Bertz CT molecular complexity index is 452. The molecule has 0 aromatic heterocycles. The summed E-state index contributed by atoms with van der Waals surface area (Å²) in [5.41, 5.74) is 0.0808. The van der Waals surface area contributed by atoms with Gasteiger partial charge in [0.15, 0.2) is 0 Å². The molecule has 0 unspecified atom stereocenters. The van der Waals surface area contributed by atoms with Crippen molar-refractivity contribution >= 4 is 5.97 Å². The van der Waals surface area contributed by atoms with Gasteiger partial charge >= 0.3 is 5.97 Å². The average Bonchev–Trinajstić information content (AvgIpc) is 2.30. The molecular weight excluding hydrogens is 235 g/mol. The highest BCUT2D eigenvalue weighted by atomic mass is 19.1. The van der Waals surface area contributed by atoms with Crippen LogP contribution in [0.1, 0.15) is 31.2 Å². The van der Waals surface area contributed by atoms with E-state index in [4.69, 9.17) is 4.74 Å². The van der Waals surface area contributed by atoms with Gasteiger partial charge in [0, 0.05) is 0 Å². The molecule has 18 heavy (non-hydrogen) atoms. The number of benzene rings is 1. The van der Waals surface area contributed by atoms with Gasteiger partial charge in [0.2, 0.25) is 0 Å². The lowest BCUT2D eigenvalue weighted by Gasteiger charge is -2.41. The molecule has 1 fully saturated rings. The lowest BCUT2D eigenvalue weighted by molar-refractivity contribution is -0.148. The second-order valence-corrected chi connectivity index (χ2v) is 4.80. The monoisotopic (exact) mass is 252 g/mol. The first kappa shape index (κ1) is 12.9. The van der Waals surface area contributed by atoms with E-state index in [9.17, 15) is 9.18 Å². The molecule has 1 aliphatic rings. The third kappa shape index (κ3) is 2.63. The number of hydrogen-bond donors (Lipinski definition) is 0. The second kappa shape index (κ2) is 4.96. The first-order chi connectivity index (χ1) is 8.54. The summed E-state index contributed by atoms with van der Waals surface area (Å²) in [6, 6.07) is 4.64. The lowest BCUT2D eigenvalue weighted by Crippen LogP contribution is -2.45. The van der Waals surface area contributed by atoms with Crippen LogP contribution in [-0.4, -0.2) is 18.7 Å². The summed E-state index contributed by atoms with van der Waals surface area (Å²) in [5, 5.41) is 0. The fraction of sp³-hybridized carbons (Fsp3) is 0.500. The number of hydrogen-bond acceptors (Lipinski definition) is 3. The van der Waals surface area contributed by atoms with Crippen molar-refractivity contribution in [2.24, 2.45) is 0 Å². The van der Waals surface area contributed by atoms with Crippen LogP contribution in [0.25, 0.3) is 0 Å². The quantitative estimate of drug-likeness (QED) is 0.773. The predicted octanol–water partition coefficient (Wildman–Crippen LogP) is 3.00. The first-order valence-corrected chi connectivity index (χ1v) is 6.07. The molecule has 1 aromatic carbocycles. The van der Waals surface area contributed by atoms with E-state index in [0.29, 0.717) is 11.3 Å². The minimum absolute atomic E-state index is 0.250. The van der Waals surface area contributed by atoms with Crippen LogP contribution in [-0.2, 0) is 9.53 Å². The molecule has 0 N–H and O–H groups in total. The third-order valence-corrected chi connectivity index (χ3v) is 3.42. The summed E-state index contributed by atoms with van der Waals surface area (Å²) in [5.74, 6) is 0.0871. The summed E-state index contributed by atoms with van der Waals surface area (Å²) in [6.07, 6.45) is 2.95. The minimum atomic E-state index is -0.461. The van der Waals surface area contributed by atoms with Crippen molar-refractivity contribution in [2.45, 2.75) is 38.2 Å². The molecule has 0 atom stereocenters. The lowest BCUT2D eigenvalue weighted by atomic mass is 9.77. The molecule has 0 saturated heterocycles. The van der Waals surface area contributed by atoms with Gasteiger partial charge in [-0.25, -0.2) is 4.39 Å². The summed E-state index contributed by atoms with van der Waals surface area (Å²) in [4.78, 5) is 11.4. The number of halogens is 1. The van der Waals surface area contributed by atoms with Gasteiger partial charge in [-0.1, -0.05) is 0 Å². The number of esters is 1. The highest BCUT2D eigenvalue weighted by molar-refractivity contribution is 5.70. The van der Waals surface area contributed by atoms with Crippen molar-refractivity contribution in [3.8, 4) is 5.75 Å². The Kier molecular flexibility index (Phi) is 3.55. The molecule has 0 heterocycles. The molecule has 3 nitrogen and oxygen atoms in total. The minimum Gasteiger partial charge on any atom is -0.487 e. The smallest absolute Gasteiger partial charge is 0.309 e. The maximum Gasteiger partial charge on any atom is 0.309 e. The van der Waals surface area contributed by atoms with Crippen molar-refractivity contribution in [1.29, 1.82) is 0 Å². The van der Waals surface area contributed by atoms with E-state index in [1.54, 1.807) is 19.1 Å². The van der Waals surface area contributed by atoms with Crippen LogP contribution < -0.4 is 4.74 Å². The molecule has 4 heteroatoms. The molecule has 2 rings (SSSR count). The van der Waals surface area contributed by atoms with Gasteiger partial charge in [0.05, 0.1) is 13.5 Å². The molecule has 0 amide bonds. The van der Waals surface area contributed by atoms with Gasteiger partial charge in [-0.05, 0) is 49.9 Å². The molecule has 98 valence electrons. The number of rotatable bonds is 4. The molecule has 1 aromatic rings. The van der Waals surface area contributed by atoms with E-state index in [1.807, 2.05) is 0 Å². The fourth-order valence-electron chi connectivity index (χ4n) is 2.15. The van der Waals surface area contributed by atoms with Crippen molar-refractivity contribution in [3.63, 3.8) is 0 Å². The zero-order valence-electron chi connectivity index (χ0n) is 10.7. The van der Waals surface area contributed by atoms with Gasteiger partial charge in [0.1, 0.15) is 17.2 Å². The Morgan fingerprint density at radius 3 is 2.67 bits per heavy atom. The zero-order chi connectivity index (χ0) is 13.2. The van der Waals surface area contributed by atoms with E-state index in [1.165, 1.54) is 13.2 Å². The van der Waals surface area contributed by atoms with Gasteiger partial charge in [-0.15, -0.1) is 0 Å². The van der Waals surface area contributed by atoms with E-state index < -0.39 is 5.60 Å². The Hall–Kier alpha value is -1.58. The maximum absolute atomic E-state index is 13.2. The molecular formula is C14H17FO3. The normalized spacial score (nSPS) is 16.8. The molecule has 0 aliphatic heterocycles. The highest BCUT2D eigenvalue weighted by Gasteiger charge is 2.41. The van der Waals surface area contributed by atoms with Crippen LogP contribution in [0.4, 0.5) is 4.39 Å². The number of methoxy groups -OCH3 is 1. The zero-order valence-corrected chi connectivity index (χ0v) is 10.7. The highest BCUT2D eigenvalue weighted by Crippen LogP contribution is 2.39. The van der Waals surface area contributed by atoms with Crippen molar-refractivity contribution in [2.75, 3.05) is 7.11 Å². The largest absolute Gasteiger partial charge is 0.487 e. The SMILES string of the molecule is COC(=O)CC1(Oc2ccc(F)c(C)c2)CCC1. The van der Waals surface area contributed by atoms with E-state index >= 15 is 0 Å². The number of carbonyl (C=O) groups is 1. The average molecular weight is 252 g/mol. The van der Waals surface area contributed by atoms with E-state index in [0.717, 1.165) is 19.3 Å². The predicted molar refractivity (Wildman–Crippen MR) is 65.0 cm³/mol. The topological polar surface area (TPSA) is 35.5 Å². The molecule has 0 bridgehead atoms. The summed E-state index contributed by atoms with van der Waals surface area (Å²) in [7, 11) is 1.37. The third-order valence-electron chi connectivity index (χ3n) is 3.42. The Labute approximate surface area is 106 Å². The number of aryl methyl sites for hydroxylation is 1. The maximum atomic E-state index is 13.2. The Morgan fingerprint density at radius 1 is 1.44 bits per heavy atom. The number of ether oxygens (including phenoxy) is 2. The van der Waals surface area contributed by atoms with Crippen LogP contribution in [0.15, 0.2) is 18.2 Å². The van der Waals surface area contributed by atoms with Gasteiger partial charge < -0.3 is 9.47 Å². The van der Waals surface area contributed by atoms with E-state index in [-0.39, 0.29) is 18.2 Å². The van der Waals surface area contributed by atoms with Crippen molar-refractivity contribution in [1.82, 2.24) is 0 Å². The summed E-state index contributed by atoms with van der Waals surface area (Å²) in [6.45, 7) is 1.69. The molecule has 1 aliphatic carbocycles. The molecule has 1 saturated carbocycles. The second-order valence-electron chi connectivity index (χ2n) is 4.80. The Balaban J connectivity index is 2.10. The number of carbonyl (C=O) groups excluding carboxylic acids is 1. The Morgan fingerprint density at radius 2 is 2.17 bits per heavy atom. The van der Waals surface area contributed by atoms with Crippen LogP contribution in [0.3, 0.4) is 0 Å². The summed E-state index contributed by atoms with van der Waals surface area (Å²) >= 11 is 0. The van der Waals surface area contributed by atoms with Crippen LogP contribution in [0.2, 0.25) is 0 Å². The van der Waals surface area contributed by atoms with Crippen molar-refractivity contribution < 1.29 is 18.7 Å². The molecule has 0 spiro atoms. The van der Waals surface area contributed by atoms with Gasteiger partial charge in [-0.2, -0.15) is 0 Å². The van der Waals surface area contributed by atoms with Crippen LogP contribution in [0.5, 0.6) is 5.75 Å². The summed E-state index contributed by atoms with van der Waals surface area (Å²) < 4.78 is 23.7. The standard InChI is InChI=1S/C14H17FO3/c1-10-8-11(4-5-12(10)15)18-14(6-3-7-14)9-13(16)17-2/h4-5,8H,3,6-7,9H2,1-2H3. The molecule has 0 radical (unpaired) electrons. The van der Waals surface area contributed by atoms with Gasteiger partial charge in [0.25, 0.3) is 0 Å². The van der Waals surface area contributed by atoms with Crippen LogP contribution >= 0.6 is 0 Å².